The zero-order chi connectivity index (χ0) is 15.2. The van der Waals surface area contributed by atoms with E-state index < -0.39 is 17.7 Å². The summed E-state index contributed by atoms with van der Waals surface area (Å²) in [5, 5.41) is 15.3. The quantitative estimate of drug-likeness (QED) is 0.678. The van der Waals surface area contributed by atoms with Gasteiger partial charge >= 0.3 is 12.1 Å². The van der Waals surface area contributed by atoms with E-state index in [1.807, 2.05) is 0 Å². The third-order valence-electron chi connectivity index (χ3n) is 3.03. The number of hydrogen-bond donors (Lipinski definition) is 3. The number of H-pyrrole nitrogens is 2. The minimum atomic E-state index is -4.41. The van der Waals surface area contributed by atoms with Crippen molar-refractivity contribution in [1.29, 1.82) is 0 Å². The lowest BCUT2D eigenvalue weighted by molar-refractivity contribution is -0.137. The van der Waals surface area contributed by atoms with E-state index in [0.717, 1.165) is 12.1 Å². The molecule has 0 aliphatic rings. The van der Waals surface area contributed by atoms with Gasteiger partial charge in [-0.2, -0.15) is 18.3 Å². The number of aromatic carboxylic acids is 1. The van der Waals surface area contributed by atoms with Gasteiger partial charge in [-0.05, 0) is 24.3 Å². The number of carboxylic acid groups (broad SMARTS) is 1. The predicted molar refractivity (Wildman–Crippen MR) is 67.8 cm³/mol. The molecule has 2 aromatic heterocycles. The topological polar surface area (TPSA) is 81.8 Å². The SMILES string of the molecule is O=C(O)c1cc(-c2cc3cc(C(F)(F)F)ccc3[nH]2)n[nH]1. The average Bonchev–Trinajstić information content (AvgIpc) is 3.03. The molecule has 0 bridgehead atoms. The first-order valence-corrected chi connectivity index (χ1v) is 5.83. The second-order valence-electron chi connectivity index (χ2n) is 4.45. The standard InChI is InChI=1S/C13H8F3N3O2/c14-13(15,16)7-1-2-8-6(3-7)4-9(17-8)10-5-11(12(20)21)19-18-10/h1-5,17H,(H,18,19)(H,20,21). The minimum absolute atomic E-state index is 0.0976. The van der Waals surface area contributed by atoms with Crippen LogP contribution in [0.5, 0.6) is 0 Å². The smallest absolute Gasteiger partial charge is 0.416 e. The van der Waals surface area contributed by atoms with Crippen LogP contribution < -0.4 is 0 Å². The molecule has 1 aromatic carbocycles. The van der Waals surface area contributed by atoms with Gasteiger partial charge in [-0.1, -0.05) is 0 Å². The maximum atomic E-state index is 12.6. The molecule has 0 atom stereocenters. The van der Waals surface area contributed by atoms with Gasteiger partial charge in [0.2, 0.25) is 0 Å². The fourth-order valence-corrected chi connectivity index (χ4v) is 2.02. The Morgan fingerprint density at radius 1 is 1.19 bits per heavy atom. The van der Waals surface area contributed by atoms with Gasteiger partial charge in [0, 0.05) is 17.0 Å². The van der Waals surface area contributed by atoms with Gasteiger partial charge in [-0.15, -0.1) is 0 Å². The molecule has 5 nitrogen and oxygen atoms in total. The molecule has 0 unspecified atom stereocenters. The fourth-order valence-electron chi connectivity index (χ4n) is 2.02. The molecule has 0 saturated carbocycles. The van der Waals surface area contributed by atoms with Crippen molar-refractivity contribution in [2.45, 2.75) is 6.18 Å². The normalized spacial score (nSPS) is 12.0. The number of carboxylic acids is 1. The maximum absolute atomic E-state index is 12.6. The van der Waals surface area contributed by atoms with Crippen molar-refractivity contribution >= 4 is 16.9 Å². The Balaban J connectivity index is 2.06. The van der Waals surface area contributed by atoms with Crippen molar-refractivity contribution in [3.63, 3.8) is 0 Å². The van der Waals surface area contributed by atoms with E-state index in [-0.39, 0.29) is 5.69 Å². The van der Waals surface area contributed by atoms with E-state index in [9.17, 15) is 18.0 Å². The Morgan fingerprint density at radius 2 is 1.95 bits per heavy atom. The zero-order valence-corrected chi connectivity index (χ0v) is 10.3. The van der Waals surface area contributed by atoms with Crippen LogP contribution in [0.3, 0.4) is 0 Å². The van der Waals surface area contributed by atoms with Gasteiger partial charge in [-0.3, -0.25) is 5.10 Å². The van der Waals surface area contributed by atoms with Crippen LogP contribution in [0.15, 0.2) is 30.3 Å². The molecule has 0 spiro atoms. The molecule has 0 fully saturated rings. The Morgan fingerprint density at radius 3 is 2.57 bits per heavy atom. The molecule has 108 valence electrons. The second kappa shape index (κ2) is 4.37. The lowest BCUT2D eigenvalue weighted by Crippen LogP contribution is -2.03. The van der Waals surface area contributed by atoms with Crippen LogP contribution in [-0.2, 0) is 6.18 Å². The van der Waals surface area contributed by atoms with Crippen LogP contribution in [0.1, 0.15) is 16.1 Å². The summed E-state index contributed by atoms with van der Waals surface area (Å²) in [7, 11) is 0. The highest BCUT2D eigenvalue weighted by atomic mass is 19.4. The number of alkyl halides is 3. The van der Waals surface area contributed by atoms with E-state index in [2.05, 4.69) is 15.2 Å². The number of carbonyl (C=O) groups is 1. The molecule has 0 amide bonds. The molecule has 0 aliphatic carbocycles. The third-order valence-corrected chi connectivity index (χ3v) is 3.03. The number of benzene rings is 1. The Hall–Kier alpha value is -2.77. The number of aromatic nitrogens is 3. The van der Waals surface area contributed by atoms with E-state index in [4.69, 9.17) is 5.11 Å². The van der Waals surface area contributed by atoms with Crippen molar-refractivity contribution in [1.82, 2.24) is 15.2 Å². The minimum Gasteiger partial charge on any atom is -0.477 e. The summed E-state index contributed by atoms with van der Waals surface area (Å²) in [4.78, 5) is 13.7. The predicted octanol–water partition coefficient (Wildman–Crippen LogP) is 3.28. The maximum Gasteiger partial charge on any atom is 0.416 e. The van der Waals surface area contributed by atoms with E-state index >= 15 is 0 Å². The van der Waals surface area contributed by atoms with Crippen molar-refractivity contribution in [3.8, 4) is 11.4 Å². The lowest BCUT2D eigenvalue weighted by atomic mass is 10.1. The zero-order valence-electron chi connectivity index (χ0n) is 10.3. The summed E-state index contributed by atoms with van der Waals surface area (Å²) in [6, 6.07) is 6.13. The van der Waals surface area contributed by atoms with Crippen LogP contribution in [0.2, 0.25) is 0 Å². The van der Waals surface area contributed by atoms with Crippen LogP contribution >= 0.6 is 0 Å². The first-order chi connectivity index (χ1) is 9.84. The first-order valence-electron chi connectivity index (χ1n) is 5.83. The van der Waals surface area contributed by atoms with Crippen molar-refractivity contribution in [2.75, 3.05) is 0 Å². The molecule has 0 aliphatic heterocycles. The monoisotopic (exact) mass is 295 g/mol. The average molecular weight is 295 g/mol. The second-order valence-corrected chi connectivity index (χ2v) is 4.45. The van der Waals surface area contributed by atoms with Gasteiger partial charge in [-0.25, -0.2) is 4.79 Å². The summed E-state index contributed by atoms with van der Waals surface area (Å²) in [6.07, 6.45) is -4.41. The molecule has 2 heterocycles. The molecule has 3 aromatic rings. The molecule has 21 heavy (non-hydrogen) atoms. The summed E-state index contributed by atoms with van der Waals surface area (Å²) in [5.41, 5.74) is 0.427. The number of rotatable bonds is 2. The van der Waals surface area contributed by atoms with Crippen molar-refractivity contribution < 1.29 is 23.1 Å². The summed E-state index contributed by atoms with van der Waals surface area (Å²) >= 11 is 0. The van der Waals surface area contributed by atoms with Gasteiger partial charge in [0.1, 0.15) is 11.4 Å². The molecule has 3 rings (SSSR count). The van der Waals surface area contributed by atoms with Gasteiger partial charge in [0.25, 0.3) is 0 Å². The number of aromatic amines is 2. The largest absolute Gasteiger partial charge is 0.477 e. The number of nitrogens with one attached hydrogen (secondary N) is 2. The molecule has 3 N–H and O–H groups in total. The van der Waals surface area contributed by atoms with E-state index in [0.29, 0.717) is 22.3 Å². The highest BCUT2D eigenvalue weighted by molar-refractivity contribution is 5.89. The molecular formula is C13H8F3N3O2. The van der Waals surface area contributed by atoms with Crippen molar-refractivity contribution in [2.24, 2.45) is 0 Å². The third kappa shape index (κ3) is 2.35. The highest BCUT2D eigenvalue weighted by Gasteiger charge is 2.30. The van der Waals surface area contributed by atoms with E-state index in [1.54, 1.807) is 0 Å². The molecule has 0 radical (unpaired) electrons. The van der Waals surface area contributed by atoms with Crippen LogP contribution in [0.4, 0.5) is 13.2 Å². The van der Waals surface area contributed by atoms with Gasteiger partial charge < -0.3 is 10.1 Å². The highest BCUT2D eigenvalue weighted by Crippen LogP contribution is 2.32. The van der Waals surface area contributed by atoms with Crippen LogP contribution in [-0.4, -0.2) is 26.3 Å². The van der Waals surface area contributed by atoms with E-state index in [1.165, 1.54) is 18.2 Å². The molecular weight excluding hydrogens is 287 g/mol. The van der Waals surface area contributed by atoms with Crippen LogP contribution in [0, 0.1) is 0 Å². The Bertz CT molecular complexity index is 833. The number of hydrogen-bond acceptors (Lipinski definition) is 2. The lowest BCUT2D eigenvalue weighted by Gasteiger charge is -2.05. The Labute approximate surface area is 115 Å². The van der Waals surface area contributed by atoms with Crippen molar-refractivity contribution in [3.05, 3.63) is 41.6 Å². The number of halogens is 3. The summed E-state index contributed by atoms with van der Waals surface area (Å²) in [6.45, 7) is 0. The van der Waals surface area contributed by atoms with Gasteiger partial charge in [0.15, 0.2) is 0 Å². The summed E-state index contributed by atoms with van der Waals surface area (Å²) < 4.78 is 37.9. The molecule has 8 heteroatoms. The summed E-state index contributed by atoms with van der Waals surface area (Å²) in [5.74, 6) is -1.16. The molecule has 0 saturated heterocycles. The van der Waals surface area contributed by atoms with Gasteiger partial charge in [0.05, 0.1) is 11.3 Å². The Kier molecular flexibility index (Phi) is 2.75. The fraction of sp³-hybridized carbons (Fsp3) is 0.0769. The number of fused-ring (bicyclic) bond motifs is 1. The number of nitrogens with zero attached hydrogens (tertiary/aromatic N) is 1. The van der Waals surface area contributed by atoms with Crippen LogP contribution in [0.25, 0.3) is 22.3 Å². The first kappa shape index (κ1) is 13.2.